The van der Waals surface area contributed by atoms with Gasteiger partial charge in [0.1, 0.15) is 0 Å². The van der Waals surface area contributed by atoms with E-state index in [1.54, 1.807) is 24.0 Å². The summed E-state index contributed by atoms with van der Waals surface area (Å²) < 4.78 is 32.2. The third-order valence-corrected chi connectivity index (χ3v) is 7.35. The standard InChI is InChI=1S/C19H26N2O5S/c1-13-4-5-17(15(3)10-13)27(24,25)21-8-6-20(7-9-21)18(22)12-26-19(23)16-11-14(16)2/h4-5,10,14,16H,6-9,11-12H2,1-3H3/t14-,16+/m1/s1. The van der Waals surface area contributed by atoms with Crippen LogP contribution >= 0.6 is 0 Å². The SMILES string of the molecule is Cc1ccc(S(=O)(=O)N2CCN(C(=O)COC(=O)[C@H]3C[C@H]3C)CC2)c(C)c1. The minimum Gasteiger partial charge on any atom is -0.455 e. The van der Waals surface area contributed by atoms with Crippen LogP contribution in [0.25, 0.3) is 0 Å². The fourth-order valence-electron chi connectivity index (χ4n) is 3.39. The Hall–Kier alpha value is -1.93. The number of carbonyl (C=O) groups excluding carboxylic acids is 2. The van der Waals surface area contributed by atoms with E-state index >= 15 is 0 Å². The third kappa shape index (κ3) is 4.32. The molecule has 1 saturated heterocycles. The van der Waals surface area contributed by atoms with E-state index in [0.717, 1.165) is 17.5 Å². The number of piperazine rings is 1. The minimum atomic E-state index is -3.58. The summed E-state index contributed by atoms with van der Waals surface area (Å²) in [5.74, 6) is -0.323. The van der Waals surface area contributed by atoms with Crippen LogP contribution < -0.4 is 0 Å². The van der Waals surface area contributed by atoms with Crippen LogP contribution in [0.4, 0.5) is 0 Å². The molecule has 1 aliphatic carbocycles. The Morgan fingerprint density at radius 2 is 1.78 bits per heavy atom. The highest BCUT2D eigenvalue weighted by Gasteiger charge is 2.41. The summed E-state index contributed by atoms with van der Waals surface area (Å²) in [6.45, 7) is 6.46. The van der Waals surface area contributed by atoms with Crippen molar-refractivity contribution in [2.24, 2.45) is 11.8 Å². The van der Waals surface area contributed by atoms with Crippen LogP contribution in [-0.2, 0) is 24.3 Å². The van der Waals surface area contributed by atoms with Crippen molar-refractivity contribution in [1.82, 2.24) is 9.21 Å². The first-order valence-corrected chi connectivity index (χ1v) is 10.7. The molecule has 0 spiro atoms. The quantitative estimate of drug-likeness (QED) is 0.704. The summed E-state index contributed by atoms with van der Waals surface area (Å²) in [6, 6.07) is 5.27. The molecule has 1 aromatic rings. The molecule has 1 amide bonds. The van der Waals surface area contributed by atoms with Crippen LogP contribution in [0.1, 0.15) is 24.5 Å². The molecule has 27 heavy (non-hydrogen) atoms. The highest BCUT2D eigenvalue weighted by atomic mass is 32.2. The van der Waals surface area contributed by atoms with Gasteiger partial charge in [-0.3, -0.25) is 9.59 Å². The van der Waals surface area contributed by atoms with E-state index in [-0.39, 0.29) is 37.5 Å². The summed E-state index contributed by atoms with van der Waals surface area (Å²) in [4.78, 5) is 25.8. The average Bonchev–Trinajstić information content (AvgIpc) is 3.36. The molecule has 7 nitrogen and oxygen atoms in total. The van der Waals surface area contributed by atoms with Gasteiger partial charge in [-0.15, -0.1) is 0 Å². The van der Waals surface area contributed by atoms with Crippen LogP contribution in [0.2, 0.25) is 0 Å². The van der Waals surface area contributed by atoms with E-state index in [2.05, 4.69) is 0 Å². The van der Waals surface area contributed by atoms with Gasteiger partial charge in [-0.25, -0.2) is 8.42 Å². The Kier molecular flexibility index (Phi) is 5.58. The number of carbonyl (C=O) groups is 2. The molecule has 0 N–H and O–H groups in total. The maximum absolute atomic E-state index is 12.9. The maximum atomic E-state index is 12.9. The third-order valence-electron chi connectivity index (χ3n) is 5.29. The second-order valence-electron chi connectivity index (χ2n) is 7.48. The number of esters is 1. The van der Waals surface area contributed by atoms with Crippen molar-refractivity contribution in [3.63, 3.8) is 0 Å². The number of benzene rings is 1. The number of sulfonamides is 1. The minimum absolute atomic E-state index is 0.0717. The van der Waals surface area contributed by atoms with Crippen molar-refractivity contribution in [3.05, 3.63) is 29.3 Å². The predicted molar refractivity (Wildman–Crippen MR) is 99.5 cm³/mol. The smallest absolute Gasteiger partial charge is 0.309 e. The first kappa shape index (κ1) is 19.8. The van der Waals surface area contributed by atoms with E-state index in [0.29, 0.717) is 23.9 Å². The molecule has 1 heterocycles. The summed E-state index contributed by atoms with van der Waals surface area (Å²) in [6.07, 6.45) is 0.821. The molecular formula is C19H26N2O5S. The predicted octanol–water partition coefficient (Wildman–Crippen LogP) is 1.34. The van der Waals surface area contributed by atoms with E-state index in [9.17, 15) is 18.0 Å². The lowest BCUT2D eigenvalue weighted by molar-refractivity contribution is -0.153. The van der Waals surface area contributed by atoms with Crippen LogP contribution in [0.5, 0.6) is 0 Å². The molecule has 3 rings (SSSR count). The van der Waals surface area contributed by atoms with E-state index in [1.807, 2.05) is 19.9 Å². The summed E-state index contributed by atoms with van der Waals surface area (Å²) in [5, 5.41) is 0. The van der Waals surface area contributed by atoms with Crippen molar-refractivity contribution < 1.29 is 22.7 Å². The zero-order chi connectivity index (χ0) is 19.8. The molecule has 2 aliphatic rings. The van der Waals surface area contributed by atoms with Crippen LogP contribution in [0.3, 0.4) is 0 Å². The molecule has 8 heteroatoms. The molecule has 1 aliphatic heterocycles. The van der Waals surface area contributed by atoms with Crippen LogP contribution in [0, 0.1) is 25.7 Å². The largest absolute Gasteiger partial charge is 0.455 e. The monoisotopic (exact) mass is 394 g/mol. The first-order valence-electron chi connectivity index (χ1n) is 9.22. The number of hydrogen-bond donors (Lipinski definition) is 0. The van der Waals surface area contributed by atoms with Gasteiger partial charge >= 0.3 is 5.97 Å². The van der Waals surface area contributed by atoms with Gasteiger partial charge in [0, 0.05) is 26.2 Å². The van der Waals surface area contributed by atoms with Crippen LogP contribution in [0.15, 0.2) is 23.1 Å². The molecule has 0 unspecified atom stereocenters. The lowest BCUT2D eigenvalue weighted by Gasteiger charge is -2.34. The van der Waals surface area contributed by atoms with Crippen LogP contribution in [-0.4, -0.2) is 62.3 Å². The van der Waals surface area contributed by atoms with E-state index in [4.69, 9.17) is 4.74 Å². The van der Waals surface area contributed by atoms with Gasteiger partial charge in [-0.1, -0.05) is 24.6 Å². The van der Waals surface area contributed by atoms with Gasteiger partial charge < -0.3 is 9.64 Å². The average molecular weight is 394 g/mol. The normalized spacial score (nSPS) is 23.1. The Labute approximate surface area is 160 Å². The van der Waals surface area contributed by atoms with Crippen molar-refractivity contribution in [2.75, 3.05) is 32.8 Å². The maximum Gasteiger partial charge on any atom is 0.309 e. The number of ether oxygens (including phenoxy) is 1. The van der Waals surface area contributed by atoms with Gasteiger partial charge in [-0.2, -0.15) is 4.31 Å². The van der Waals surface area contributed by atoms with Gasteiger partial charge in [0.25, 0.3) is 5.91 Å². The lowest BCUT2D eigenvalue weighted by Crippen LogP contribution is -2.51. The van der Waals surface area contributed by atoms with Gasteiger partial charge in [-0.05, 0) is 37.8 Å². The molecule has 1 aromatic carbocycles. The zero-order valence-electron chi connectivity index (χ0n) is 16.0. The summed E-state index contributed by atoms with van der Waals surface area (Å²) in [5.41, 5.74) is 1.73. The highest BCUT2D eigenvalue weighted by Crippen LogP contribution is 2.38. The molecule has 0 bridgehead atoms. The van der Waals surface area contributed by atoms with Crippen molar-refractivity contribution in [3.8, 4) is 0 Å². The van der Waals surface area contributed by atoms with E-state index in [1.165, 1.54) is 4.31 Å². The Morgan fingerprint density at radius 3 is 2.33 bits per heavy atom. The van der Waals surface area contributed by atoms with E-state index < -0.39 is 10.0 Å². The Bertz CT molecular complexity index is 844. The van der Waals surface area contributed by atoms with Crippen molar-refractivity contribution in [2.45, 2.75) is 32.1 Å². The molecule has 2 fully saturated rings. The summed E-state index contributed by atoms with van der Waals surface area (Å²) in [7, 11) is -3.58. The Balaban J connectivity index is 1.54. The second kappa shape index (κ2) is 7.59. The lowest BCUT2D eigenvalue weighted by atomic mass is 10.2. The van der Waals surface area contributed by atoms with Crippen molar-refractivity contribution >= 4 is 21.9 Å². The molecule has 2 atom stereocenters. The fraction of sp³-hybridized carbons (Fsp3) is 0.579. The summed E-state index contributed by atoms with van der Waals surface area (Å²) >= 11 is 0. The number of nitrogens with zero attached hydrogens (tertiary/aromatic N) is 2. The number of rotatable bonds is 5. The van der Waals surface area contributed by atoms with Gasteiger partial charge in [0.05, 0.1) is 10.8 Å². The second-order valence-corrected chi connectivity index (χ2v) is 9.39. The number of hydrogen-bond acceptors (Lipinski definition) is 5. The zero-order valence-corrected chi connectivity index (χ0v) is 16.8. The molecular weight excluding hydrogens is 368 g/mol. The molecule has 0 radical (unpaired) electrons. The number of amides is 1. The molecule has 1 saturated carbocycles. The van der Waals surface area contributed by atoms with Crippen molar-refractivity contribution in [1.29, 1.82) is 0 Å². The first-order chi connectivity index (χ1) is 12.7. The molecule has 0 aromatic heterocycles. The van der Waals surface area contributed by atoms with Gasteiger partial charge in [0.15, 0.2) is 6.61 Å². The highest BCUT2D eigenvalue weighted by molar-refractivity contribution is 7.89. The van der Waals surface area contributed by atoms with Gasteiger partial charge in [0.2, 0.25) is 10.0 Å². The topological polar surface area (TPSA) is 84.0 Å². The molecule has 148 valence electrons. The number of aryl methyl sites for hydroxylation is 2. The fourth-order valence-corrected chi connectivity index (χ4v) is 5.02. The Morgan fingerprint density at radius 1 is 1.15 bits per heavy atom.